The zero-order valence-corrected chi connectivity index (χ0v) is 13.6. The van der Waals surface area contributed by atoms with Gasteiger partial charge in [-0.25, -0.2) is 8.42 Å². The molecular formula is C13H18Cl2N2O2S. The summed E-state index contributed by atoms with van der Waals surface area (Å²) in [7, 11) is -3.23. The van der Waals surface area contributed by atoms with Crippen LogP contribution in [-0.2, 0) is 15.4 Å². The molecule has 4 nitrogen and oxygen atoms in total. The highest BCUT2D eigenvalue weighted by Crippen LogP contribution is 2.47. The van der Waals surface area contributed by atoms with Crippen LogP contribution in [0.15, 0.2) is 18.2 Å². The Morgan fingerprint density at radius 2 is 1.95 bits per heavy atom. The van der Waals surface area contributed by atoms with E-state index < -0.39 is 10.0 Å². The Kier molecular flexibility index (Phi) is 4.27. The highest BCUT2D eigenvalue weighted by Gasteiger charge is 2.45. The van der Waals surface area contributed by atoms with Crippen molar-refractivity contribution in [3.63, 3.8) is 0 Å². The number of anilines is 1. The monoisotopic (exact) mass is 336 g/mol. The van der Waals surface area contributed by atoms with Crippen molar-refractivity contribution in [3.05, 3.63) is 28.8 Å². The fourth-order valence-corrected chi connectivity index (χ4v) is 4.39. The fourth-order valence-electron chi connectivity index (χ4n) is 3.22. The highest BCUT2D eigenvalue weighted by molar-refractivity contribution is 7.92. The molecule has 1 saturated heterocycles. The number of nitrogens with one attached hydrogen (secondary N) is 1. The smallest absolute Gasteiger partial charge is 0.232 e. The molecule has 7 heteroatoms. The average Bonchev–Trinajstić information content (AvgIpc) is 2.65. The van der Waals surface area contributed by atoms with Crippen LogP contribution in [0.3, 0.4) is 0 Å². The molecule has 1 N–H and O–H groups in total. The van der Waals surface area contributed by atoms with Gasteiger partial charge in [0.15, 0.2) is 0 Å². The van der Waals surface area contributed by atoms with Crippen molar-refractivity contribution in [1.82, 2.24) is 5.32 Å². The van der Waals surface area contributed by atoms with Crippen LogP contribution in [0.25, 0.3) is 0 Å². The van der Waals surface area contributed by atoms with Crippen LogP contribution < -0.4 is 9.62 Å². The maximum Gasteiger partial charge on any atom is 0.232 e. The maximum absolute atomic E-state index is 12.0. The zero-order valence-electron chi connectivity index (χ0n) is 11.2. The Hall–Kier alpha value is -0.490. The number of sulfonamides is 1. The molecule has 0 unspecified atom stereocenters. The second-order valence-corrected chi connectivity index (χ2v) is 7.80. The van der Waals surface area contributed by atoms with Crippen molar-refractivity contribution in [1.29, 1.82) is 0 Å². The van der Waals surface area contributed by atoms with E-state index in [1.54, 1.807) is 6.07 Å². The Labute approximate surface area is 131 Å². The molecule has 2 aliphatic heterocycles. The number of benzene rings is 1. The van der Waals surface area contributed by atoms with Crippen molar-refractivity contribution in [2.45, 2.75) is 18.3 Å². The van der Waals surface area contributed by atoms with Gasteiger partial charge >= 0.3 is 0 Å². The third-order valence-corrected chi connectivity index (χ3v) is 5.57. The minimum Gasteiger partial charge on any atom is -0.317 e. The van der Waals surface area contributed by atoms with Crippen LogP contribution in [0, 0.1) is 0 Å². The minimum absolute atomic E-state index is 0. The van der Waals surface area contributed by atoms with E-state index in [1.807, 2.05) is 12.1 Å². The van der Waals surface area contributed by atoms with Gasteiger partial charge in [0.25, 0.3) is 0 Å². The molecule has 0 saturated carbocycles. The summed E-state index contributed by atoms with van der Waals surface area (Å²) >= 11 is 6.10. The first-order chi connectivity index (χ1) is 8.92. The Morgan fingerprint density at radius 1 is 1.30 bits per heavy atom. The van der Waals surface area contributed by atoms with Gasteiger partial charge in [0.2, 0.25) is 10.0 Å². The standard InChI is InChI=1S/C13H17ClN2O2S.ClH/c1-19(17,18)16-9-13(4-6-15-7-5-13)11-8-10(14)2-3-12(11)16;/h2-3,8,15H,4-7,9H2,1H3;1H. The van der Waals surface area contributed by atoms with E-state index >= 15 is 0 Å². The van der Waals surface area contributed by atoms with Crippen molar-refractivity contribution < 1.29 is 8.42 Å². The third kappa shape index (κ3) is 2.52. The number of hydrogen-bond donors (Lipinski definition) is 1. The van der Waals surface area contributed by atoms with E-state index in [1.165, 1.54) is 10.6 Å². The number of halogens is 2. The maximum atomic E-state index is 12.0. The summed E-state index contributed by atoms with van der Waals surface area (Å²) in [4.78, 5) is 0. The third-order valence-electron chi connectivity index (χ3n) is 4.21. The molecule has 112 valence electrons. The van der Waals surface area contributed by atoms with Gasteiger partial charge in [-0.3, -0.25) is 4.31 Å². The van der Waals surface area contributed by atoms with Gasteiger partial charge in [-0.15, -0.1) is 12.4 Å². The van der Waals surface area contributed by atoms with E-state index in [2.05, 4.69) is 5.32 Å². The topological polar surface area (TPSA) is 49.4 Å². The summed E-state index contributed by atoms with van der Waals surface area (Å²) in [6.45, 7) is 2.39. The number of nitrogens with zero attached hydrogens (tertiary/aromatic N) is 1. The van der Waals surface area contributed by atoms with Crippen molar-refractivity contribution in [3.8, 4) is 0 Å². The van der Waals surface area contributed by atoms with Crippen molar-refractivity contribution >= 4 is 39.7 Å². The Morgan fingerprint density at radius 3 is 2.55 bits per heavy atom. The molecule has 0 radical (unpaired) electrons. The number of rotatable bonds is 1. The van der Waals surface area contributed by atoms with Gasteiger partial charge in [0.05, 0.1) is 11.9 Å². The van der Waals surface area contributed by atoms with Crippen LogP contribution in [0.1, 0.15) is 18.4 Å². The van der Waals surface area contributed by atoms with Crippen LogP contribution >= 0.6 is 24.0 Å². The second kappa shape index (κ2) is 5.37. The molecule has 0 atom stereocenters. The molecule has 0 aliphatic carbocycles. The van der Waals surface area contributed by atoms with E-state index in [9.17, 15) is 8.42 Å². The summed E-state index contributed by atoms with van der Waals surface area (Å²) in [6, 6.07) is 5.53. The van der Waals surface area contributed by atoms with Crippen LogP contribution in [0.5, 0.6) is 0 Å². The first-order valence-corrected chi connectivity index (χ1v) is 8.64. The van der Waals surface area contributed by atoms with Gasteiger partial charge in [-0.2, -0.15) is 0 Å². The lowest BCUT2D eigenvalue weighted by Crippen LogP contribution is -2.44. The Balaban J connectivity index is 0.00000147. The largest absolute Gasteiger partial charge is 0.317 e. The minimum atomic E-state index is -3.23. The van der Waals surface area contributed by atoms with Crippen LogP contribution in [0.2, 0.25) is 5.02 Å². The first-order valence-electron chi connectivity index (χ1n) is 6.41. The molecule has 0 amide bonds. The summed E-state index contributed by atoms with van der Waals surface area (Å²) in [5.41, 5.74) is 1.81. The van der Waals surface area contributed by atoms with E-state index in [4.69, 9.17) is 11.6 Å². The molecule has 1 spiro atoms. The molecule has 3 rings (SSSR count). The predicted molar refractivity (Wildman–Crippen MR) is 84.7 cm³/mol. The lowest BCUT2D eigenvalue weighted by atomic mass is 9.75. The highest BCUT2D eigenvalue weighted by atomic mass is 35.5. The lowest BCUT2D eigenvalue weighted by molar-refractivity contribution is 0.330. The van der Waals surface area contributed by atoms with Crippen molar-refractivity contribution in [2.75, 3.05) is 30.2 Å². The van der Waals surface area contributed by atoms with E-state index in [0.717, 1.165) is 37.2 Å². The normalized spacial score (nSPS) is 20.6. The van der Waals surface area contributed by atoms with Gasteiger partial charge in [-0.05, 0) is 49.7 Å². The molecule has 1 fully saturated rings. The number of hydrogen-bond acceptors (Lipinski definition) is 3. The second-order valence-electron chi connectivity index (χ2n) is 5.46. The van der Waals surface area contributed by atoms with E-state index in [0.29, 0.717) is 11.6 Å². The zero-order chi connectivity index (χ0) is 13.7. The van der Waals surface area contributed by atoms with Crippen LogP contribution in [-0.4, -0.2) is 34.3 Å². The number of piperidine rings is 1. The predicted octanol–water partition coefficient (Wildman–Crippen LogP) is 2.16. The first kappa shape index (κ1) is 15.9. The molecule has 2 heterocycles. The van der Waals surface area contributed by atoms with Crippen LogP contribution in [0.4, 0.5) is 5.69 Å². The molecule has 20 heavy (non-hydrogen) atoms. The molecule has 2 aliphatic rings. The summed E-state index contributed by atoms with van der Waals surface area (Å²) in [5, 5.41) is 4.01. The van der Waals surface area contributed by atoms with E-state index in [-0.39, 0.29) is 17.8 Å². The lowest BCUT2D eigenvalue weighted by Gasteiger charge is -2.34. The molecule has 0 aromatic heterocycles. The SMILES string of the molecule is CS(=O)(=O)N1CC2(CCNCC2)c2cc(Cl)ccc21.Cl. The Bertz CT molecular complexity index is 613. The van der Waals surface area contributed by atoms with Crippen molar-refractivity contribution in [2.24, 2.45) is 0 Å². The van der Waals surface area contributed by atoms with Gasteiger partial charge in [0, 0.05) is 17.0 Å². The number of fused-ring (bicyclic) bond motifs is 2. The van der Waals surface area contributed by atoms with Gasteiger partial charge < -0.3 is 5.32 Å². The quantitative estimate of drug-likeness (QED) is 0.854. The average molecular weight is 337 g/mol. The summed E-state index contributed by atoms with van der Waals surface area (Å²) < 4.78 is 25.5. The molecular weight excluding hydrogens is 319 g/mol. The summed E-state index contributed by atoms with van der Waals surface area (Å²) in [5.74, 6) is 0. The fraction of sp³-hybridized carbons (Fsp3) is 0.538. The van der Waals surface area contributed by atoms with Gasteiger partial charge in [0.1, 0.15) is 0 Å². The summed E-state index contributed by atoms with van der Waals surface area (Å²) in [6.07, 6.45) is 3.17. The van der Waals surface area contributed by atoms with Gasteiger partial charge in [-0.1, -0.05) is 11.6 Å². The molecule has 1 aromatic rings. The molecule has 0 bridgehead atoms. The molecule has 1 aromatic carbocycles.